The molecule has 0 aromatic carbocycles. The summed E-state index contributed by atoms with van der Waals surface area (Å²) < 4.78 is 6.39. The monoisotopic (exact) mass is 376 g/mol. The molecule has 1 amide bonds. The van der Waals surface area contributed by atoms with Crippen molar-refractivity contribution in [3.05, 3.63) is 20.8 Å². The van der Waals surface area contributed by atoms with E-state index in [9.17, 15) is 4.79 Å². The van der Waals surface area contributed by atoms with Crippen LogP contribution in [0.15, 0.2) is 15.2 Å². The van der Waals surface area contributed by atoms with E-state index in [-0.39, 0.29) is 10.9 Å². The van der Waals surface area contributed by atoms with Crippen LogP contribution in [0.2, 0.25) is 0 Å². The molecule has 1 aliphatic rings. The number of halogens is 1. The largest absolute Gasteiger partial charge is 0.392 e. The van der Waals surface area contributed by atoms with Crippen LogP contribution in [0.25, 0.3) is 0 Å². The summed E-state index contributed by atoms with van der Waals surface area (Å²) in [6.45, 7) is 1.62. The Bertz CT molecular complexity index is 512. The highest BCUT2D eigenvalue weighted by Crippen LogP contribution is 2.33. The Hall–Kier alpha value is -0.500. The first-order valence-electron chi connectivity index (χ1n) is 6.32. The molecule has 110 valence electrons. The van der Waals surface area contributed by atoms with Crippen molar-refractivity contribution in [3.8, 4) is 0 Å². The smallest absolute Gasteiger partial charge is 0.235 e. The van der Waals surface area contributed by atoms with E-state index < -0.39 is 5.41 Å². The number of ether oxygens (including phenoxy) is 1. The number of nitrogens with two attached hydrogens (primary N) is 1. The molecule has 1 aliphatic heterocycles. The molecule has 1 fully saturated rings. The van der Waals surface area contributed by atoms with Gasteiger partial charge in [-0.25, -0.2) is 0 Å². The minimum absolute atomic E-state index is 0.00405. The van der Waals surface area contributed by atoms with E-state index >= 15 is 0 Å². The minimum atomic E-state index is -0.740. The van der Waals surface area contributed by atoms with Crippen LogP contribution in [0.4, 0.5) is 0 Å². The number of hydrogen-bond donors (Lipinski definition) is 1. The van der Waals surface area contributed by atoms with E-state index in [4.69, 9.17) is 22.7 Å². The summed E-state index contributed by atoms with van der Waals surface area (Å²) in [6.07, 6.45) is 1.14. The molecule has 7 heteroatoms. The lowest BCUT2D eigenvalue weighted by Crippen LogP contribution is -2.52. The maximum absolute atomic E-state index is 12.8. The second kappa shape index (κ2) is 6.51. The van der Waals surface area contributed by atoms with Crippen molar-refractivity contribution in [1.29, 1.82) is 0 Å². The summed E-state index contributed by atoms with van der Waals surface area (Å²) in [5.41, 5.74) is 6.22. The van der Waals surface area contributed by atoms with E-state index in [0.29, 0.717) is 32.6 Å². The SMILES string of the molecule is CN(Cc1csc(Br)c1)C(=O)C1(C(N)=S)CCOCC1. The fraction of sp³-hybridized carbons (Fsp3) is 0.538. The van der Waals surface area contributed by atoms with E-state index in [0.717, 1.165) is 9.35 Å². The molecule has 2 heterocycles. The standard InChI is InChI=1S/C13H17BrN2O2S2/c1-16(7-9-6-10(14)20-8-9)12(17)13(11(15)19)2-4-18-5-3-13/h6,8H,2-5,7H2,1H3,(H2,15,19). The molecular weight excluding hydrogens is 360 g/mol. The zero-order chi connectivity index (χ0) is 14.8. The maximum Gasteiger partial charge on any atom is 0.235 e. The van der Waals surface area contributed by atoms with Gasteiger partial charge in [0, 0.05) is 26.8 Å². The molecule has 0 saturated carbocycles. The molecule has 4 nitrogen and oxygen atoms in total. The van der Waals surface area contributed by atoms with Crippen LogP contribution < -0.4 is 5.73 Å². The summed E-state index contributed by atoms with van der Waals surface area (Å²) in [7, 11) is 1.80. The summed E-state index contributed by atoms with van der Waals surface area (Å²) in [6, 6.07) is 2.02. The van der Waals surface area contributed by atoms with Gasteiger partial charge in [-0.1, -0.05) is 12.2 Å². The molecule has 0 unspecified atom stereocenters. The Morgan fingerprint density at radius 3 is 2.75 bits per heavy atom. The average Bonchev–Trinajstić information content (AvgIpc) is 2.83. The third kappa shape index (κ3) is 3.21. The van der Waals surface area contributed by atoms with Crippen LogP contribution in [0.1, 0.15) is 18.4 Å². The molecule has 0 aliphatic carbocycles. The molecule has 1 aromatic rings. The van der Waals surface area contributed by atoms with E-state index in [1.165, 1.54) is 0 Å². The molecular formula is C13H17BrN2O2S2. The zero-order valence-electron chi connectivity index (χ0n) is 11.2. The van der Waals surface area contributed by atoms with Crippen molar-refractivity contribution < 1.29 is 9.53 Å². The van der Waals surface area contributed by atoms with Gasteiger partial charge in [0.2, 0.25) is 5.91 Å². The number of amides is 1. The van der Waals surface area contributed by atoms with Gasteiger partial charge >= 0.3 is 0 Å². The van der Waals surface area contributed by atoms with Crippen LogP contribution >= 0.6 is 39.5 Å². The Labute approximate surface area is 136 Å². The van der Waals surface area contributed by atoms with Crippen LogP contribution in [-0.4, -0.2) is 36.1 Å². The van der Waals surface area contributed by atoms with Crippen LogP contribution in [-0.2, 0) is 16.1 Å². The number of carbonyl (C=O) groups is 1. The third-order valence-electron chi connectivity index (χ3n) is 3.62. The van der Waals surface area contributed by atoms with Crippen molar-refractivity contribution in [3.63, 3.8) is 0 Å². The number of hydrogen-bond acceptors (Lipinski definition) is 4. The van der Waals surface area contributed by atoms with Gasteiger partial charge in [0.25, 0.3) is 0 Å². The fourth-order valence-electron chi connectivity index (χ4n) is 2.43. The number of rotatable bonds is 4. The lowest BCUT2D eigenvalue weighted by molar-refractivity contribution is -0.141. The molecule has 0 spiro atoms. The highest BCUT2D eigenvalue weighted by molar-refractivity contribution is 9.11. The third-order valence-corrected chi connectivity index (χ3v) is 5.56. The number of nitrogens with zero attached hydrogens (tertiary/aromatic N) is 1. The van der Waals surface area contributed by atoms with Gasteiger partial charge in [-0.2, -0.15) is 0 Å². The highest BCUT2D eigenvalue weighted by Gasteiger charge is 2.44. The zero-order valence-corrected chi connectivity index (χ0v) is 14.4. The van der Waals surface area contributed by atoms with Gasteiger partial charge in [0.05, 0.1) is 8.77 Å². The topological polar surface area (TPSA) is 55.6 Å². The Morgan fingerprint density at radius 2 is 2.25 bits per heavy atom. The summed E-state index contributed by atoms with van der Waals surface area (Å²) in [5, 5.41) is 2.03. The second-order valence-corrected chi connectivity index (χ2v) is 7.71. The van der Waals surface area contributed by atoms with Crippen molar-refractivity contribution in [2.45, 2.75) is 19.4 Å². The first kappa shape index (κ1) is 15.9. The average molecular weight is 377 g/mol. The Kier molecular flexibility index (Phi) is 5.17. The van der Waals surface area contributed by atoms with Crippen LogP contribution in [0.3, 0.4) is 0 Å². The van der Waals surface area contributed by atoms with Gasteiger partial charge in [-0.05, 0) is 45.8 Å². The second-order valence-electron chi connectivity index (χ2n) is 4.98. The van der Waals surface area contributed by atoms with Crippen molar-refractivity contribution >= 4 is 50.4 Å². The minimum Gasteiger partial charge on any atom is -0.392 e. The van der Waals surface area contributed by atoms with Gasteiger partial charge < -0.3 is 15.4 Å². The van der Waals surface area contributed by atoms with Gasteiger partial charge in [0.1, 0.15) is 5.41 Å². The lowest BCUT2D eigenvalue weighted by Gasteiger charge is -2.37. The highest BCUT2D eigenvalue weighted by atomic mass is 79.9. The Balaban J connectivity index is 2.12. The predicted octanol–water partition coefficient (Wildman–Crippen LogP) is 2.55. The van der Waals surface area contributed by atoms with Gasteiger partial charge in [-0.3, -0.25) is 4.79 Å². The lowest BCUT2D eigenvalue weighted by atomic mass is 9.78. The quantitative estimate of drug-likeness (QED) is 0.820. The van der Waals surface area contributed by atoms with Crippen molar-refractivity contribution in [2.24, 2.45) is 11.1 Å². The number of thiocarbonyl (C=S) groups is 1. The van der Waals surface area contributed by atoms with E-state index in [2.05, 4.69) is 15.9 Å². The maximum atomic E-state index is 12.8. The van der Waals surface area contributed by atoms with Crippen LogP contribution in [0, 0.1) is 5.41 Å². The first-order chi connectivity index (χ1) is 9.45. The van der Waals surface area contributed by atoms with Gasteiger partial charge in [-0.15, -0.1) is 11.3 Å². The summed E-state index contributed by atoms with van der Waals surface area (Å²) in [5.74, 6) is -0.00405. The predicted molar refractivity (Wildman–Crippen MR) is 87.8 cm³/mol. The van der Waals surface area contributed by atoms with Gasteiger partial charge in [0.15, 0.2) is 0 Å². The fourth-order valence-corrected chi connectivity index (χ4v) is 3.92. The molecule has 2 rings (SSSR count). The molecule has 0 radical (unpaired) electrons. The van der Waals surface area contributed by atoms with Crippen LogP contribution in [0.5, 0.6) is 0 Å². The molecule has 20 heavy (non-hydrogen) atoms. The van der Waals surface area contributed by atoms with E-state index in [1.807, 2.05) is 11.4 Å². The molecule has 0 bridgehead atoms. The Morgan fingerprint density at radius 1 is 1.60 bits per heavy atom. The summed E-state index contributed by atoms with van der Waals surface area (Å²) >= 11 is 10.2. The molecule has 2 N–H and O–H groups in total. The molecule has 0 atom stereocenters. The van der Waals surface area contributed by atoms with E-state index in [1.54, 1.807) is 23.3 Å². The van der Waals surface area contributed by atoms with Crippen molar-refractivity contribution in [2.75, 3.05) is 20.3 Å². The molecule has 1 saturated heterocycles. The molecule has 1 aromatic heterocycles. The first-order valence-corrected chi connectivity index (χ1v) is 8.40. The number of thiophene rings is 1. The van der Waals surface area contributed by atoms with Crippen molar-refractivity contribution in [1.82, 2.24) is 4.90 Å². The summed E-state index contributed by atoms with van der Waals surface area (Å²) in [4.78, 5) is 14.8. The number of carbonyl (C=O) groups excluding carboxylic acids is 1. The normalized spacial score (nSPS) is 17.7.